The van der Waals surface area contributed by atoms with Crippen LogP contribution in [0.15, 0.2) is 0 Å². The summed E-state index contributed by atoms with van der Waals surface area (Å²) in [4.78, 5) is 36.7. The summed E-state index contributed by atoms with van der Waals surface area (Å²) < 4.78 is 0. The number of carboxylic acid groups (broad SMARTS) is 1. The van der Waals surface area contributed by atoms with Crippen LogP contribution in [-0.4, -0.2) is 52.8 Å². The molecule has 0 aromatic heterocycles. The van der Waals surface area contributed by atoms with Crippen LogP contribution in [0.5, 0.6) is 0 Å². The molecule has 5 nitrogen and oxygen atoms in total. The predicted molar refractivity (Wildman–Crippen MR) is 149 cm³/mol. The molecule has 0 heterocycles. The molecular weight excluding hydrogens is 466 g/mol. The minimum Gasteiger partial charge on any atom is -0.481 e. The van der Waals surface area contributed by atoms with Crippen LogP contribution >= 0.6 is 23.5 Å². The highest BCUT2D eigenvalue weighted by molar-refractivity contribution is 7.98. The average Bonchev–Trinajstić information content (AvgIpc) is 2.81. The third-order valence-electron chi connectivity index (χ3n) is 6.31. The maximum Gasteiger partial charge on any atom is 0.306 e. The van der Waals surface area contributed by atoms with Crippen molar-refractivity contribution in [3.05, 3.63) is 0 Å². The van der Waals surface area contributed by atoms with Gasteiger partial charge in [0.2, 0.25) is 5.91 Å². The summed E-state index contributed by atoms with van der Waals surface area (Å²) in [6.45, 7) is 2.25. The fourth-order valence-corrected chi connectivity index (χ4v) is 5.07. The first-order chi connectivity index (χ1) is 16.5. The normalized spacial score (nSPS) is 12.9. The van der Waals surface area contributed by atoms with Crippen molar-refractivity contribution in [3.8, 4) is 0 Å². The van der Waals surface area contributed by atoms with Crippen molar-refractivity contribution in [2.75, 3.05) is 24.0 Å². The zero-order valence-corrected chi connectivity index (χ0v) is 23.7. The Kier molecular flexibility index (Phi) is 23.5. The molecule has 0 aliphatic rings. The van der Waals surface area contributed by atoms with Gasteiger partial charge < -0.3 is 10.4 Å². The van der Waals surface area contributed by atoms with Crippen LogP contribution in [0, 0.1) is 5.92 Å². The minimum absolute atomic E-state index is 0.00599. The Labute approximate surface area is 217 Å². The first-order valence-corrected chi connectivity index (χ1v) is 16.3. The van der Waals surface area contributed by atoms with Gasteiger partial charge in [-0.25, -0.2) is 0 Å². The molecule has 2 unspecified atom stereocenters. The molecule has 0 bridgehead atoms. The topological polar surface area (TPSA) is 83.5 Å². The number of carbonyl (C=O) groups is 3. The summed E-state index contributed by atoms with van der Waals surface area (Å²) >= 11 is 3.21. The molecule has 0 radical (unpaired) electrons. The second-order valence-corrected chi connectivity index (χ2v) is 11.4. The molecular formula is C27H51NO4S2. The van der Waals surface area contributed by atoms with Crippen molar-refractivity contribution < 1.29 is 19.5 Å². The van der Waals surface area contributed by atoms with Gasteiger partial charge in [0.15, 0.2) is 5.78 Å². The number of amides is 1. The van der Waals surface area contributed by atoms with Crippen molar-refractivity contribution in [2.45, 2.75) is 122 Å². The number of aliphatic carboxylic acids is 1. The number of carboxylic acids is 1. The standard InChI is InChI=1S/C27H51NO4S2/c1-4-5-6-7-8-9-10-11-12-13-14-15-16-17-26(30)28-24(19-21-34-3)25(29)22-23(27(31)32)18-20-33-2/h23-24H,4-22H2,1-3H3,(H,28,30)(H,31,32). The molecule has 0 spiro atoms. The SMILES string of the molecule is CCCCCCCCCCCCCCCC(=O)NC(CCSC)C(=O)CC(CCSC)C(=O)O. The largest absolute Gasteiger partial charge is 0.481 e. The van der Waals surface area contributed by atoms with Crippen LogP contribution < -0.4 is 5.32 Å². The summed E-state index contributed by atoms with van der Waals surface area (Å²) in [6, 6.07) is -0.571. The van der Waals surface area contributed by atoms with Gasteiger partial charge in [0.05, 0.1) is 12.0 Å². The van der Waals surface area contributed by atoms with E-state index in [0.717, 1.165) is 25.0 Å². The first kappa shape index (κ1) is 33.3. The monoisotopic (exact) mass is 517 g/mol. The number of hydrogen-bond acceptors (Lipinski definition) is 5. The van der Waals surface area contributed by atoms with Gasteiger partial charge in [-0.15, -0.1) is 0 Å². The van der Waals surface area contributed by atoms with Crippen molar-refractivity contribution in [2.24, 2.45) is 5.92 Å². The van der Waals surface area contributed by atoms with E-state index in [-0.39, 0.29) is 18.1 Å². The van der Waals surface area contributed by atoms with Crippen molar-refractivity contribution in [1.29, 1.82) is 0 Å². The van der Waals surface area contributed by atoms with Crippen molar-refractivity contribution >= 4 is 41.2 Å². The number of thioether (sulfide) groups is 2. The molecule has 0 aromatic carbocycles. The van der Waals surface area contributed by atoms with E-state index < -0.39 is 17.9 Å². The van der Waals surface area contributed by atoms with Crippen LogP contribution in [-0.2, 0) is 14.4 Å². The fraction of sp³-hybridized carbons (Fsp3) is 0.889. The molecule has 34 heavy (non-hydrogen) atoms. The third kappa shape index (κ3) is 19.6. The Bertz CT molecular complexity index is 531. The first-order valence-electron chi connectivity index (χ1n) is 13.5. The highest BCUT2D eigenvalue weighted by Gasteiger charge is 2.26. The van der Waals surface area contributed by atoms with E-state index in [1.165, 1.54) is 64.2 Å². The Morgan fingerprint density at radius 3 is 1.68 bits per heavy atom. The fourth-order valence-electron chi connectivity index (χ4n) is 4.08. The van der Waals surface area contributed by atoms with Gasteiger partial charge in [0, 0.05) is 12.8 Å². The molecule has 7 heteroatoms. The maximum absolute atomic E-state index is 12.8. The Morgan fingerprint density at radius 1 is 0.735 bits per heavy atom. The molecule has 0 aliphatic carbocycles. The number of unbranched alkanes of at least 4 members (excludes halogenated alkanes) is 12. The number of rotatable bonds is 25. The zero-order chi connectivity index (χ0) is 25.4. The Hall–Kier alpha value is -0.690. The molecule has 200 valence electrons. The summed E-state index contributed by atoms with van der Waals surface area (Å²) in [5, 5.41) is 12.3. The van der Waals surface area contributed by atoms with E-state index in [2.05, 4.69) is 12.2 Å². The van der Waals surface area contributed by atoms with Gasteiger partial charge >= 0.3 is 5.97 Å². The molecule has 0 aromatic rings. The van der Waals surface area contributed by atoms with Gasteiger partial charge in [-0.1, -0.05) is 84.0 Å². The molecule has 1 amide bonds. The third-order valence-corrected chi connectivity index (χ3v) is 7.60. The molecule has 0 fully saturated rings. The molecule has 0 saturated heterocycles. The van der Waals surface area contributed by atoms with E-state index in [9.17, 15) is 19.5 Å². The minimum atomic E-state index is -0.927. The number of nitrogens with one attached hydrogen (secondary N) is 1. The highest BCUT2D eigenvalue weighted by atomic mass is 32.2. The van der Waals surface area contributed by atoms with E-state index >= 15 is 0 Å². The van der Waals surface area contributed by atoms with Gasteiger partial charge in [0.1, 0.15) is 0 Å². The van der Waals surface area contributed by atoms with Crippen LogP contribution in [0.4, 0.5) is 0 Å². The predicted octanol–water partition coefficient (Wildman–Crippen LogP) is 7.12. The Balaban J connectivity index is 4.07. The smallest absolute Gasteiger partial charge is 0.306 e. The molecule has 0 rings (SSSR count). The van der Waals surface area contributed by atoms with E-state index in [4.69, 9.17) is 0 Å². The van der Waals surface area contributed by atoms with Gasteiger partial charge in [-0.05, 0) is 43.3 Å². The van der Waals surface area contributed by atoms with Crippen LogP contribution in [0.1, 0.15) is 116 Å². The van der Waals surface area contributed by atoms with E-state index in [1.807, 2.05) is 12.5 Å². The number of hydrogen-bond donors (Lipinski definition) is 2. The average molecular weight is 518 g/mol. The number of Topliss-reactive ketones (excluding diaryl/α,β-unsaturated/α-hetero) is 1. The number of ketones is 1. The maximum atomic E-state index is 12.8. The second kappa shape index (κ2) is 24.0. The zero-order valence-electron chi connectivity index (χ0n) is 22.1. The van der Waals surface area contributed by atoms with Crippen LogP contribution in [0.25, 0.3) is 0 Å². The van der Waals surface area contributed by atoms with E-state index in [0.29, 0.717) is 25.0 Å². The lowest BCUT2D eigenvalue weighted by Gasteiger charge is -2.19. The molecule has 0 saturated carbocycles. The van der Waals surface area contributed by atoms with Crippen LogP contribution in [0.2, 0.25) is 0 Å². The second-order valence-electron chi connectivity index (χ2n) is 9.38. The summed E-state index contributed by atoms with van der Waals surface area (Å²) in [5.74, 6) is -0.359. The lowest BCUT2D eigenvalue weighted by atomic mass is 9.95. The Morgan fingerprint density at radius 2 is 1.21 bits per heavy atom. The lowest BCUT2D eigenvalue weighted by Crippen LogP contribution is -2.42. The highest BCUT2D eigenvalue weighted by Crippen LogP contribution is 2.16. The molecule has 2 atom stereocenters. The van der Waals surface area contributed by atoms with E-state index in [1.54, 1.807) is 23.5 Å². The van der Waals surface area contributed by atoms with Crippen LogP contribution in [0.3, 0.4) is 0 Å². The van der Waals surface area contributed by atoms with Gasteiger partial charge in [-0.2, -0.15) is 23.5 Å². The summed E-state index contributed by atoms with van der Waals surface area (Å²) in [5.41, 5.74) is 0. The summed E-state index contributed by atoms with van der Waals surface area (Å²) in [7, 11) is 0. The van der Waals surface area contributed by atoms with Gasteiger partial charge in [-0.3, -0.25) is 14.4 Å². The van der Waals surface area contributed by atoms with Crippen molar-refractivity contribution in [1.82, 2.24) is 5.32 Å². The lowest BCUT2D eigenvalue weighted by molar-refractivity contribution is -0.144. The molecule has 2 N–H and O–H groups in total. The van der Waals surface area contributed by atoms with Gasteiger partial charge in [0.25, 0.3) is 0 Å². The molecule has 0 aliphatic heterocycles. The van der Waals surface area contributed by atoms with Crippen molar-refractivity contribution in [3.63, 3.8) is 0 Å². The quantitative estimate of drug-likeness (QED) is 0.125. The summed E-state index contributed by atoms with van der Waals surface area (Å²) in [6.07, 6.45) is 21.8. The number of carbonyl (C=O) groups excluding carboxylic acids is 2.